The minimum absolute atomic E-state index is 0.375. The summed E-state index contributed by atoms with van der Waals surface area (Å²) in [4.78, 5) is 4.23. The number of nitrogens with two attached hydrogens (primary N) is 1. The lowest BCUT2D eigenvalue weighted by molar-refractivity contribution is 0.277. The summed E-state index contributed by atoms with van der Waals surface area (Å²) in [5.74, 6) is 8.63. The van der Waals surface area contributed by atoms with Crippen molar-refractivity contribution in [3.63, 3.8) is 0 Å². The Hall–Kier alpha value is -0.450. The number of rotatable bonds is 5. The van der Waals surface area contributed by atoms with Crippen LogP contribution in [-0.4, -0.2) is 11.0 Å². The molecule has 4 unspecified atom stereocenters. The quantitative estimate of drug-likeness (QED) is 0.646. The molecular weight excluding hydrogens is 302 g/mol. The first kappa shape index (κ1) is 13.5. The molecule has 4 atom stereocenters. The summed E-state index contributed by atoms with van der Waals surface area (Å²) in [6.45, 7) is 0. The van der Waals surface area contributed by atoms with E-state index < -0.39 is 0 Å². The molecule has 0 radical (unpaired) electrons. The lowest BCUT2D eigenvalue weighted by Crippen LogP contribution is -2.39. The highest BCUT2D eigenvalue weighted by atomic mass is 79.9. The van der Waals surface area contributed by atoms with Gasteiger partial charge in [-0.05, 0) is 77.4 Å². The molecule has 1 heterocycles. The molecule has 1 aromatic rings. The molecule has 0 aliphatic heterocycles. The Kier molecular flexibility index (Phi) is 4.20. The SMILES string of the molecule is NNC(Cc1cncc(Br)c1)CC1CC2CCC1C2. The van der Waals surface area contributed by atoms with Crippen LogP contribution in [0.15, 0.2) is 22.9 Å². The number of halogens is 1. The monoisotopic (exact) mass is 323 g/mol. The molecule has 2 aliphatic rings. The van der Waals surface area contributed by atoms with Gasteiger partial charge in [-0.1, -0.05) is 6.42 Å². The maximum absolute atomic E-state index is 5.75. The first-order chi connectivity index (χ1) is 9.24. The van der Waals surface area contributed by atoms with Crippen molar-refractivity contribution in [3.8, 4) is 0 Å². The zero-order chi connectivity index (χ0) is 13.2. The number of fused-ring (bicyclic) bond motifs is 2. The first-order valence-electron chi connectivity index (χ1n) is 7.30. The van der Waals surface area contributed by atoms with E-state index in [1.165, 1.54) is 37.7 Å². The predicted molar refractivity (Wildman–Crippen MR) is 80.3 cm³/mol. The zero-order valence-electron chi connectivity index (χ0n) is 11.2. The van der Waals surface area contributed by atoms with Gasteiger partial charge in [0.05, 0.1) is 0 Å². The number of nitrogens with zero attached hydrogens (tertiary/aromatic N) is 1. The zero-order valence-corrected chi connectivity index (χ0v) is 12.8. The number of nitrogens with one attached hydrogen (secondary N) is 1. The minimum Gasteiger partial charge on any atom is -0.271 e. The highest BCUT2D eigenvalue weighted by molar-refractivity contribution is 9.10. The Balaban J connectivity index is 1.59. The third-order valence-electron chi connectivity index (χ3n) is 4.95. The van der Waals surface area contributed by atoms with Gasteiger partial charge >= 0.3 is 0 Å². The maximum atomic E-state index is 5.75. The van der Waals surface area contributed by atoms with E-state index in [-0.39, 0.29) is 0 Å². The van der Waals surface area contributed by atoms with Gasteiger partial charge < -0.3 is 0 Å². The molecule has 2 saturated carbocycles. The van der Waals surface area contributed by atoms with Crippen molar-refractivity contribution >= 4 is 15.9 Å². The Labute approximate surface area is 123 Å². The van der Waals surface area contributed by atoms with Gasteiger partial charge in [0, 0.05) is 22.9 Å². The number of aromatic nitrogens is 1. The number of pyridine rings is 1. The summed E-state index contributed by atoms with van der Waals surface area (Å²) in [6.07, 6.45) is 11.8. The van der Waals surface area contributed by atoms with E-state index in [1.807, 2.05) is 12.4 Å². The highest BCUT2D eigenvalue weighted by Crippen LogP contribution is 2.49. The van der Waals surface area contributed by atoms with Crippen molar-refractivity contribution < 1.29 is 0 Å². The third-order valence-corrected chi connectivity index (χ3v) is 5.38. The molecule has 4 heteroatoms. The summed E-state index contributed by atoms with van der Waals surface area (Å²) >= 11 is 3.47. The van der Waals surface area contributed by atoms with Crippen LogP contribution < -0.4 is 11.3 Å². The van der Waals surface area contributed by atoms with Gasteiger partial charge in [0.2, 0.25) is 0 Å². The van der Waals surface area contributed by atoms with E-state index in [1.54, 1.807) is 0 Å². The highest BCUT2D eigenvalue weighted by Gasteiger charge is 2.39. The second kappa shape index (κ2) is 5.90. The number of hydrogen-bond donors (Lipinski definition) is 2. The van der Waals surface area contributed by atoms with E-state index in [0.29, 0.717) is 6.04 Å². The van der Waals surface area contributed by atoms with Gasteiger partial charge in [-0.3, -0.25) is 16.3 Å². The fourth-order valence-corrected chi connectivity index (χ4v) is 4.51. The van der Waals surface area contributed by atoms with Crippen molar-refractivity contribution in [3.05, 3.63) is 28.5 Å². The van der Waals surface area contributed by atoms with Crippen LogP contribution in [0.1, 0.15) is 37.7 Å². The first-order valence-corrected chi connectivity index (χ1v) is 8.09. The summed E-state index contributed by atoms with van der Waals surface area (Å²) in [6, 6.07) is 2.51. The van der Waals surface area contributed by atoms with Crippen LogP contribution in [0.2, 0.25) is 0 Å². The van der Waals surface area contributed by atoms with Gasteiger partial charge in [-0.15, -0.1) is 0 Å². The molecule has 0 amide bonds. The van der Waals surface area contributed by atoms with E-state index in [0.717, 1.165) is 28.6 Å². The largest absolute Gasteiger partial charge is 0.271 e. The van der Waals surface area contributed by atoms with Crippen molar-refractivity contribution in [1.82, 2.24) is 10.4 Å². The summed E-state index contributed by atoms with van der Waals surface area (Å²) < 4.78 is 1.04. The van der Waals surface area contributed by atoms with Crippen LogP contribution in [0.25, 0.3) is 0 Å². The van der Waals surface area contributed by atoms with Crippen molar-refractivity contribution in [2.24, 2.45) is 23.6 Å². The molecule has 3 nitrogen and oxygen atoms in total. The second-order valence-corrected chi connectivity index (χ2v) is 7.17. The van der Waals surface area contributed by atoms with Crippen LogP contribution in [-0.2, 0) is 6.42 Å². The van der Waals surface area contributed by atoms with E-state index in [2.05, 4.69) is 32.4 Å². The smallest absolute Gasteiger partial charge is 0.0410 e. The Morgan fingerprint density at radius 3 is 2.89 bits per heavy atom. The average Bonchev–Trinajstić information content (AvgIpc) is 3.00. The molecule has 19 heavy (non-hydrogen) atoms. The van der Waals surface area contributed by atoms with Crippen LogP contribution in [0.4, 0.5) is 0 Å². The lowest BCUT2D eigenvalue weighted by Gasteiger charge is -2.26. The summed E-state index contributed by atoms with van der Waals surface area (Å²) in [5.41, 5.74) is 4.26. The van der Waals surface area contributed by atoms with Crippen LogP contribution in [0.3, 0.4) is 0 Å². The molecule has 0 saturated heterocycles. The van der Waals surface area contributed by atoms with Crippen LogP contribution in [0.5, 0.6) is 0 Å². The van der Waals surface area contributed by atoms with Gasteiger partial charge in [-0.25, -0.2) is 0 Å². The second-order valence-electron chi connectivity index (χ2n) is 6.25. The topological polar surface area (TPSA) is 50.9 Å². The normalized spacial score (nSPS) is 30.7. The fourth-order valence-electron chi connectivity index (χ4n) is 4.09. The molecule has 2 aliphatic carbocycles. The Morgan fingerprint density at radius 1 is 1.37 bits per heavy atom. The number of hydrazine groups is 1. The van der Waals surface area contributed by atoms with Gasteiger partial charge in [-0.2, -0.15) is 0 Å². The van der Waals surface area contributed by atoms with Crippen LogP contribution in [0, 0.1) is 17.8 Å². The van der Waals surface area contributed by atoms with Crippen molar-refractivity contribution in [2.75, 3.05) is 0 Å². The van der Waals surface area contributed by atoms with Gasteiger partial charge in [0.25, 0.3) is 0 Å². The molecular formula is C15H22BrN3. The van der Waals surface area contributed by atoms with Crippen LogP contribution >= 0.6 is 15.9 Å². The standard InChI is InChI=1S/C15H22BrN3/c16-14-5-11(8-18-9-14)6-15(19-17)7-13-4-10-1-2-12(13)3-10/h5,8-10,12-13,15,19H,1-4,6-7,17H2. The van der Waals surface area contributed by atoms with E-state index in [9.17, 15) is 0 Å². The summed E-state index contributed by atoms with van der Waals surface area (Å²) in [5, 5.41) is 0. The molecule has 104 valence electrons. The lowest BCUT2D eigenvalue weighted by atomic mass is 9.83. The number of hydrogen-bond acceptors (Lipinski definition) is 3. The van der Waals surface area contributed by atoms with Crippen molar-refractivity contribution in [1.29, 1.82) is 0 Å². The molecule has 0 spiro atoms. The fraction of sp³-hybridized carbons (Fsp3) is 0.667. The maximum Gasteiger partial charge on any atom is 0.0410 e. The predicted octanol–water partition coefficient (Wildman–Crippen LogP) is 3.04. The van der Waals surface area contributed by atoms with E-state index >= 15 is 0 Å². The molecule has 0 aromatic carbocycles. The van der Waals surface area contributed by atoms with Gasteiger partial charge in [0.15, 0.2) is 0 Å². The van der Waals surface area contributed by atoms with Crippen molar-refractivity contribution in [2.45, 2.75) is 44.6 Å². The Morgan fingerprint density at radius 2 is 2.26 bits per heavy atom. The average molecular weight is 324 g/mol. The molecule has 2 fully saturated rings. The summed E-state index contributed by atoms with van der Waals surface area (Å²) in [7, 11) is 0. The Bertz CT molecular complexity index is 437. The van der Waals surface area contributed by atoms with Gasteiger partial charge in [0.1, 0.15) is 0 Å². The molecule has 1 aromatic heterocycles. The minimum atomic E-state index is 0.375. The molecule has 3 rings (SSSR count). The molecule has 2 bridgehead atoms. The molecule has 3 N–H and O–H groups in total. The third kappa shape index (κ3) is 3.18. The van der Waals surface area contributed by atoms with E-state index in [4.69, 9.17) is 5.84 Å².